The zero-order valence-electron chi connectivity index (χ0n) is 10.1. The summed E-state index contributed by atoms with van der Waals surface area (Å²) in [5.74, 6) is 0.902. The maximum Gasteiger partial charge on any atom is 0.134 e. The number of rotatable bonds is 4. The Balaban J connectivity index is 2.17. The fourth-order valence-corrected chi connectivity index (χ4v) is 2.71. The molecule has 0 bridgehead atoms. The summed E-state index contributed by atoms with van der Waals surface area (Å²) in [6.07, 6.45) is 2.44. The van der Waals surface area contributed by atoms with Gasteiger partial charge in [-0.3, -0.25) is 0 Å². The molecule has 1 heterocycles. The highest BCUT2D eigenvalue weighted by molar-refractivity contribution is 9.10. The lowest BCUT2D eigenvalue weighted by molar-refractivity contribution is 0.349. The summed E-state index contributed by atoms with van der Waals surface area (Å²) in [6, 6.07) is 6.65. The number of ether oxygens (including phenoxy) is 1. The Morgan fingerprint density at radius 3 is 3.06 bits per heavy atom. The Morgan fingerprint density at radius 2 is 2.41 bits per heavy atom. The first-order chi connectivity index (χ1) is 8.18. The van der Waals surface area contributed by atoms with Crippen molar-refractivity contribution in [3.8, 4) is 5.75 Å². The van der Waals surface area contributed by atoms with E-state index in [2.05, 4.69) is 33.9 Å². The summed E-state index contributed by atoms with van der Waals surface area (Å²) in [4.78, 5) is 0. The highest BCUT2D eigenvalue weighted by atomic mass is 79.9. The van der Waals surface area contributed by atoms with Crippen LogP contribution in [0.25, 0.3) is 0 Å². The zero-order chi connectivity index (χ0) is 12.3. The van der Waals surface area contributed by atoms with E-state index in [4.69, 9.17) is 4.74 Å². The van der Waals surface area contributed by atoms with Crippen molar-refractivity contribution in [1.82, 2.24) is 5.32 Å². The molecule has 1 aromatic carbocycles. The molecule has 0 spiro atoms. The molecule has 2 nitrogen and oxygen atoms in total. The maximum atomic E-state index is 5.72. The molecule has 1 N–H and O–H groups in total. The average molecular weight is 296 g/mol. The van der Waals surface area contributed by atoms with Crippen LogP contribution in [0, 0.1) is 0 Å². The van der Waals surface area contributed by atoms with Crippen LogP contribution in [-0.4, -0.2) is 13.2 Å². The van der Waals surface area contributed by atoms with Gasteiger partial charge in [-0.2, -0.15) is 0 Å². The van der Waals surface area contributed by atoms with E-state index < -0.39 is 0 Å². The van der Waals surface area contributed by atoms with E-state index >= 15 is 0 Å². The highest BCUT2D eigenvalue weighted by Crippen LogP contribution is 2.35. The van der Waals surface area contributed by atoms with Crippen LogP contribution < -0.4 is 10.1 Å². The van der Waals surface area contributed by atoms with Gasteiger partial charge in [-0.15, -0.1) is 0 Å². The second-order valence-electron chi connectivity index (χ2n) is 4.55. The lowest BCUT2D eigenvalue weighted by Gasteiger charge is -2.16. The van der Waals surface area contributed by atoms with Crippen molar-refractivity contribution in [2.45, 2.75) is 25.8 Å². The predicted octanol–water partition coefficient (Wildman–Crippen LogP) is 3.83. The van der Waals surface area contributed by atoms with Crippen molar-refractivity contribution in [3.05, 3.63) is 40.4 Å². The van der Waals surface area contributed by atoms with Gasteiger partial charge in [0.1, 0.15) is 12.4 Å². The standard InChI is InChI=1S/C14H18BrNO/c1-10(2)9-17-13-7-3-5-11(14(13)15)12-6-4-8-16-12/h3,5,7,12,16H,1,4,6,8-9H2,2H3. The van der Waals surface area contributed by atoms with Gasteiger partial charge in [0, 0.05) is 6.04 Å². The Morgan fingerprint density at radius 1 is 1.59 bits per heavy atom. The molecule has 3 heteroatoms. The van der Waals surface area contributed by atoms with E-state index in [1.807, 2.05) is 19.1 Å². The van der Waals surface area contributed by atoms with Crippen LogP contribution in [-0.2, 0) is 0 Å². The monoisotopic (exact) mass is 295 g/mol. The number of benzene rings is 1. The molecule has 1 aromatic rings. The molecule has 0 saturated carbocycles. The van der Waals surface area contributed by atoms with E-state index in [1.165, 1.54) is 18.4 Å². The molecule has 0 aromatic heterocycles. The molecule has 92 valence electrons. The molecule has 2 rings (SSSR count). The molecule has 1 unspecified atom stereocenters. The molecule has 1 fully saturated rings. The molecular weight excluding hydrogens is 278 g/mol. The van der Waals surface area contributed by atoms with Gasteiger partial charge in [-0.25, -0.2) is 0 Å². The normalized spacial score (nSPS) is 19.3. The number of nitrogens with one attached hydrogen (secondary N) is 1. The van der Waals surface area contributed by atoms with Crippen molar-refractivity contribution in [2.24, 2.45) is 0 Å². The number of halogens is 1. The van der Waals surface area contributed by atoms with E-state index in [-0.39, 0.29) is 0 Å². The Bertz CT molecular complexity index is 411. The molecule has 1 saturated heterocycles. The minimum Gasteiger partial charge on any atom is -0.488 e. The number of hydrogen-bond acceptors (Lipinski definition) is 2. The van der Waals surface area contributed by atoms with E-state index in [1.54, 1.807) is 0 Å². The first-order valence-electron chi connectivity index (χ1n) is 5.97. The lowest BCUT2D eigenvalue weighted by atomic mass is 10.1. The first kappa shape index (κ1) is 12.7. The van der Waals surface area contributed by atoms with Crippen molar-refractivity contribution >= 4 is 15.9 Å². The van der Waals surface area contributed by atoms with Gasteiger partial charge in [0.25, 0.3) is 0 Å². The third-order valence-electron chi connectivity index (χ3n) is 2.90. The zero-order valence-corrected chi connectivity index (χ0v) is 11.7. The lowest BCUT2D eigenvalue weighted by Crippen LogP contribution is -2.13. The summed E-state index contributed by atoms with van der Waals surface area (Å²) in [7, 11) is 0. The van der Waals surface area contributed by atoms with Crippen molar-refractivity contribution in [1.29, 1.82) is 0 Å². The quantitative estimate of drug-likeness (QED) is 0.853. The Kier molecular flexibility index (Phi) is 4.24. The summed E-state index contributed by atoms with van der Waals surface area (Å²) >= 11 is 3.65. The molecule has 1 aliphatic heterocycles. The average Bonchev–Trinajstić information content (AvgIpc) is 2.81. The molecular formula is C14H18BrNO. The van der Waals surface area contributed by atoms with Gasteiger partial charge in [0.2, 0.25) is 0 Å². The smallest absolute Gasteiger partial charge is 0.134 e. The van der Waals surface area contributed by atoms with Gasteiger partial charge in [-0.05, 0) is 59.4 Å². The van der Waals surface area contributed by atoms with Gasteiger partial charge in [0.05, 0.1) is 4.47 Å². The Labute approximate surface area is 111 Å². The third kappa shape index (κ3) is 3.11. The van der Waals surface area contributed by atoms with Crippen LogP contribution in [0.15, 0.2) is 34.8 Å². The van der Waals surface area contributed by atoms with E-state index in [9.17, 15) is 0 Å². The summed E-state index contributed by atoms with van der Waals surface area (Å²) < 4.78 is 6.79. The van der Waals surface area contributed by atoms with Crippen molar-refractivity contribution < 1.29 is 4.74 Å². The van der Waals surface area contributed by atoms with Crippen molar-refractivity contribution in [2.75, 3.05) is 13.2 Å². The summed E-state index contributed by atoms with van der Waals surface area (Å²) in [5.41, 5.74) is 2.32. The van der Waals surface area contributed by atoms with Gasteiger partial charge in [-0.1, -0.05) is 18.7 Å². The molecule has 1 aliphatic rings. The van der Waals surface area contributed by atoms with Gasteiger partial charge in [0.15, 0.2) is 0 Å². The largest absolute Gasteiger partial charge is 0.488 e. The van der Waals surface area contributed by atoms with Crippen LogP contribution >= 0.6 is 15.9 Å². The van der Waals surface area contributed by atoms with Gasteiger partial charge >= 0.3 is 0 Å². The predicted molar refractivity (Wildman–Crippen MR) is 74.4 cm³/mol. The second-order valence-corrected chi connectivity index (χ2v) is 5.35. The third-order valence-corrected chi connectivity index (χ3v) is 3.75. The minimum absolute atomic E-state index is 0.456. The fourth-order valence-electron chi connectivity index (χ4n) is 2.06. The first-order valence-corrected chi connectivity index (χ1v) is 6.77. The van der Waals surface area contributed by atoms with Crippen LogP contribution in [0.2, 0.25) is 0 Å². The SMILES string of the molecule is C=C(C)COc1cccc(C2CCCN2)c1Br. The maximum absolute atomic E-state index is 5.72. The summed E-state index contributed by atoms with van der Waals surface area (Å²) in [5, 5.41) is 3.50. The summed E-state index contributed by atoms with van der Waals surface area (Å²) in [6.45, 7) is 7.49. The van der Waals surface area contributed by atoms with E-state index in [0.717, 1.165) is 22.3 Å². The topological polar surface area (TPSA) is 21.3 Å². The van der Waals surface area contributed by atoms with Gasteiger partial charge < -0.3 is 10.1 Å². The number of hydrogen-bond donors (Lipinski definition) is 1. The molecule has 17 heavy (non-hydrogen) atoms. The van der Waals surface area contributed by atoms with Crippen LogP contribution in [0.1, 0.15) is 31.4 Å². The molecule has 0 radical (unpaired) electrons. The second kappa shape index (κ2) is 5.69. The fraction of sp³-hybridized carbons (Fsp3) is 0.429. The molecule has 0 aliphatic carbocycles. The Hall–Kier alpha value is -0.800. The molecule has 1 atom stereocenters. The van der Waals surface area contributed by atoms with Crippen LogP contribution in [0.5, 0.6) is 5.75 Å². The van der Waals surface area contributed by atoms with Crippen molar-refractivity contribution in [3.63, 3.8) is 0 Å². The minimum atomic E-state index is 0.456. The molecule has 0 amide bonds. The van der Waals surface area contributed by atoms with Crippen LogP contribution in [0.4, 0.5) is 0 Å². The van der Waals surface area contributed by atoms with Crippen LogP contribution in [0.3, 0.4) is 0 Å². The highest BCUT2D eigenvalue weighted by Gasteiger charge is 2.20. The van der Waals surface area contributed by atoms with E-state index in [0.29, 0.717) is 12.6 Å².